The largest absolute Gasteiger partial charge is 0.480 e. The third-order valence-electron chi connectivity index (χ3n) is 2.10. The van der Waals surface area contributed by atoms with Crippen LogP contribution in [-0.4, -0.2) is 27.1 Å². The smallest absolute Gasteiger partial charge is 0.320 e. The van der Waals surface area contributed by atoms with Crippen molar-refractivity contribution in [3.8, 4) is 0 Å². The van der Waals surface area contributed by atoms with Crippen LogP contribution >= 0.6 is 0 Å². The van der Waals surface area contributed by atoms with Gasteiger partial charge in [0.1, 0.15) is 11.9 Å². The highest BCUT2D eigenvalue weighted by molar-refractivity contribution is 5.73. The molecule has 14 heavy (non-hydrogen) atoms. The normalized spacial score (nSPS) is 12.8. The summed E-state index contributed by atoms with van der Waals surface area (Å²) in [6.45, 7) is 3.86. The molecule has 0 aliphatic carbocycles. The molecule has 5 heteroatoms. The van der Waals surface area contributed by atoms with Crippen LogP contribution in [0.3, 0.4) is 0 Å². The maximum atomic E-state index is 10.5. The first-order valence-corrected chi connectivity index (χ1v) is 4.57. The number of nitrogens with zero attached hydrogens (tertiary/aromatic N) is 1. The summed E-state index contributed by atoms with van der Waals surface area (Å²) in [7, 11) is 0. The molecular formula is C9H15N3O2. The van der Waals surface area contributed by atoms with E-state index in [1.807, 2.05) is 13.8 Å². The van der Waals surface area contributed by atoms with E-state index in [4.69, 9.17) is 10.8 Å². The number of nitrogens with two attached hydrogens (primary N) is 1. The number of hydrogen-bond donors (Lipinski definition) is 3. The Bertz CT molecular complexity index is 333. The molecule has 0 saturated heterocycles. The van der Waals surface area contributed by atoms with E-state index < -0.39 is 12.0 Å². The molecule has 0 saturated carbocycles. The molecule has 1 aromatic heterocycles. The highest BCUT2D eigenvalue weighted by Gasteiger charge is 2.15. The molecule has 0 radical (unpaired) electrons. The third-order valence-corrected chi connectivity index (χ3v) is 2.10. The fourth-order valence-electron chi connectivity index (χ4n) is 1.23. The fourth-order valence-corrected chi connectivity index (χ4v) is 1.23. The number of aryl methyl sites for hydroxylation is 2. The summed E-state index contributed by atoms with van der Waals surface area (Å²) in [4.78, 5) is 17.9. The van der Waals surface area contributed by atoms with Gasteiger partial charge in [-0.3, -0.25) is 4.79 Å². The predicted molar refractivity (Wildman–Crippen MR) is 52.0 cm³/mol. The van der Waals surface area contributed by atoms with Crippen LogP contribution in [-0.2, 0) is 17.6 Å². The summed E-state index contributed by atoms with van der Waals surface area (Å²) in [6, 6.07) is -0.873. The molecular weight excluding hydrogens is 182 g/mol. The monoisotopic (exact) mass is 197 g/mol. The molecule has 5 nitrogen and oxygen atoms in total. The molecule has 1 aromatic rings. The van der Waals surface area contributed by atoms with E-state index >= 15 is 0 Å². The van der Waals surface area contributed by atoms with Crippen LogP contribution in [0, 0.1) is 6.92 Å². The zero-order valence-electron chi connectivity index (χ0n) is 8.37. The van der Waals surface area contributed by atoms with Crippen molar-refractivity contribution >= 4 is 5.97 Å². The zero-order valence-corrected chi connectivity index (χ0v) is 8.37. The molecule has 0 spiro atoms. The van der Waals surface area contributed by atoms with Gasteiger partial charge in [0, 0.05) is 18.5 Å². The summed E-state index contributed by atoms with van der Waals surface area (Å²) in [6.07, 6.45) is 1.08. The van der Waals surface area contributed by atoms with Crippen molar-refractivity contribution in [2.75, 3.05) is 0 Å². The van der Waals surface area contributed by atoms with Crippen molar-refractivity contribution in [2.24, 2.45) is 5.73 Å². The Morgan fingerprint density at radius 2 is 2.36 bits per heavy atom. The molecule has 0 fully saturated rings. The Labute approximate surface area is 82.3 Å². The topological polar surface area (TPSA) is 92.0 Å². The predicted octanol–water partition coefficient (Wildman–Crippen LogP) is 0.235. The average molecular weight is 197 g/mol. The van der Waals surface area contributed by atoms with Crippen molar-refractivity contribution < 1.29 is 9.90 Å². The first-order valence-electron chi connectivity index (χ1n) is 4.57. The van der Waals surface area contributed by atoms with Gasteiger partial charge in [-0.2, -0.15) is 0 Å². The van der Waals surface area contributed by atoms with Gasteiger partial charge in [0.05, 0.1) is 5.69 Å². The number of rotatable bonds is 4. The average Bonchev–Trinajstić information content (AvgIpc) is 2.47. The first kappa shape index (κ1) is 10.7. The number of H-pyrrole nitrogens is 1. The van der Waals surface area contributed by atoms with Gasteiger partial charge in [0.25, 0.3) is 0 Å². The Hall–Kier alpha value is -1.36. The molecule has 1 heterocycles. The summed E-state index contributed by atoms with van der Waals surface area (Å²) in [5.41, 5.74) is 7.06. The van der Waals surface area contributed by atoms with Crippen LogP contribution in [0.1, 0.15) is 24.1 Å². The van der Waals surface area contributed by atoms with Gasteiger partial charge >= 0.3 is 5.97 Å². The lowest BCUT2D eigenvalue weighted by Crippen LogP contribution is -2.32. The zero-order chi connectivity index (χ0) is 10.7. The van der Waals surface area contributed by atoms with Gasteiger partial charge in [-0.1, -0.05) is 6.92 Å². The van der Waals surface area contributed by atoms with Gasteiger partial charge in [-0.15, -0.1) is 0 Å². The second kappa shape index (κ2) is 4.23. The lowest BCUT2D eigenvalue weighted by Gasteiger charge is -2.03. The molecule has 4 N–H and O–H groups in total. The molecule has 0 aliphatic rings. The minimum atomic E-state index is -0.995. The van der Waals surface area contributed by atoms with Gasteiger partial charge in [0.15, 0.2) is 0 Å². The van der Waals surface area contributed by atoms with Crippen molar-refractivity contribution in [1.29, 1.82) is 0 Å². The fraction of sp³-hybridized carbons (Fsp3) is 0.556. The van der Waals surface area contributed by atoms with E-state index in [0.29, 0.717) is 0 Å². The van der Waals surface area contributed by atoms with Crippen molar-refractivity contribution in [2.45, 2.75) is 32.7 Å². The van der Waals surface area contributed by atoms with Crippen LogP contribution in [0.4, 0.5) is 0 Å². The molecule has 78 valence electrons. The Kier molecular flexibility index (Phi) is 3.24. The maximum absolute atomic E-state index is 10.5. The minimum Gasteiger partial charge on any atom is -0.480 e. The van der Waals surface area contributed by atoms with E-state index in [1.54, 1.807) is 0 Å². The SMILES string of the molecule is CCc1nc(CC(N)C(=O)O)c(C)[nH]1. The molecule has 0 aliphatic heterocycles. The van der Waals surface area contributed by atoms with Crippen molar-refractivity contribution in [1.82, 2.24) is 9.97 Å². The van der Waals surface area contributed by atoms with E-state index in [1.165, 1.54) is 0 Å². The number of hydrogen-bond acceptors (Lipinski definition) is 3. The Morgan fingerprint density at radius 3 is 2.79 bits per heavy atom. The van der Waals surface area contributed by atoms with E-state index in [2.05, 4.69) is 9.97 Å². The van der Waals surface area contributed by atoms with Crippen LogP contribution in [0.2, 0.25) is 0 Å². The lowest BCUT2D eigenvalue weighted by molar-refractivity contribution is -0.138. The van der Waals surface area contributed by atoms with E-state index in [-0.39, 0.29) is 6.42 Å². The van der Waals surface area contributed by atoms with Crippen LogP contribution in [0.5, 0.6) is 0 Å². The van der Waals surface area contributed by atoms with Crippen LogP contribution < -0.4 is 5.73 Å². The number of aliphatic carboxylic acids is 1. The molecule has 0 amide bonds. The van der Waals surface area contributed by atoms with Gasteiger partial charge in [-0.05, 0) is 6.92 Å². The van der Waals surface area contributed by atoms with Gasteiger partial charge in [0.2, 0.25) is 0 Å². The Balaban J connectivity index is 2.75. The number of nitrogens with one attached hydrogen (secondary N) is 1. The molecule has 1 atom stereocenters. The summed E-state index contributed by atoms with van der Waals surface area (Å²) in [5.74, 6) is -0.125. The van der Waals surface area contributed by atoms with Gasteiger partial charge in [-0.25, -0.2) is 4.98 Å². The van der Waals surface area contributed by atoms with Gasteiger partial charge < -0.3 is 15.8 Å². The van der Waals surface area contributed by atoms with E-state index in [9.17, 15) is 4.79 Å². The summed E-state index contributed by atoms with van der Waals surface area (Å²) >= 11 is 0. The van der Waals surface area contributed by atoms with Crippen LogP contribution in [0.15, 0.2) is 0 Å². The number of aromatic nitrogens is 2. The number of carboxylic acid groups (broad SMARTS) is 1. The maximum Gasteiger partial charge on any atom is 0.320 e. The highest BCUT2D eigenvalue weighted by atomic mass is 16.4. The molecule has 1 unspecified atom stereocenters. The van der Waals surface area contributed by atoms with Crippen molar-refractivity contribution in [3.05, 3.63) is 17.2 Å². The number of carboxylic acids is 1. The first-order chi connectivity index (χ1) is 6.54. The Morgan fingerprint density at radius 1 is 1.71 bits per heavy atom. The lowest BCUT2D eigenvalue weighted by atomic mass is 10.1. The molecule has 0 aromatic carbocycles. The quantitative estimate of drug-likeness (QED) is 0.644. The van der Waals surface area contributed by atoms with Crippen molar-refractivity contribution in [3.63, 3.8) is 0 Å². The standard InChI is InChI=1S/C9H15N3O2/c1-3-8-11-5(2)7(12-8)4-6(10)9(13)14/h6H,3-4,10H2,1-2H3,(H,11,12)(H,13,14). The number of imidazole rings is 1. The number of aromatic amines is 1. The second-order valence-electron chi connectivity index (χ2n) is 3.26. The minimum absolute atomic E-state index is 0.275. The summed E-state index contributed by atoms with van der Waals surface area (Å²) in [5, 5.41) is 8.64. The third kappa shape index (κ3) is 2.32. The van der Waals surface area contributed by atoms with E-state index in [0.717, 1.165) is 23.6 Å². The highest BCUT2D eigenvalue weighted by Crippen LogP contribution is 2.07. The number of carbonyl (C=O) groups is 1. The summed E-state index contributed by atoms with van der Waals surface area (Å²) < 4.78 is 0. The van der Waals surface area contributed by atoms with Crippen LogP contribution in [0.25, 0.3) is 0 Å². The second-order valence-corrected chi connectivity index (χ2v) is 3.26. The molecule has 1 rings (SSSR count). The molecule has 0 bridgehead atoms.